The summed E-state index contributed by atoms with van der Waals surface area (Å²) in [6, 6.07) is 1.92. The van der Waals surface area contributed by atoms with Crippen LogP contribution >= 0.6 is 11.5 Å². The van der Waals surface area contributed by atoms with Crippen molar-refractivity contribution >= 4 is 23.3 Å². The lowest BCUT2D eigenvalue weighted by molar-refractivity contribution is 0.866. The second-order valence-corrected chi connectivity index (χ2v) is 3.33. The molecule has 1 aromatic heterocycles. The SMILES string of the molecule is N#CNC(N)=NCCCNc1ccsn1. The number of nitrogens with two attached hydrogens (primary N) is 1. The van der Waals surface area contributed by atoms with Crippen molar-refractivity contribution in [2.75, 3.05) is 18.4 Å². The topological polar surface area (TPSA) is 99.1 Å². The van der Waals surface area contributed by atoms with E-state index in [-0.39, 0.29) is 5.96 Å². The molecule has 1 heterocycles. The van der Waals surface area contributed by atoms with E-state index in [1.807, 2.05) is 11.4 Å². The van der Waals surface area contributed by atoms with Crippen LogP contribution in [0.2, 0.25) is 0 Å². The minimum atomic E-state index is 0.158. The molecule has 0 aromatic carbocycles. The Labute approximate surface area is 92.0 Å². The molecule has 0 aliphatic carbocycles. The van der Waals surface area contributed by atoms with Crippen molar-refractivity contribution in [2.45, 2.75) is 6.42 Å². The number of rotatable bonds is 5. The second kappa shape index (κ2) is 6.62. The smallest absolute Gasteiger partial charge is 0.202 e. The van der Waals surface area contributed by atoms with E-state index in [0.717, 1.165) is 18.8 Å². The highest BCUT2D eigenvalue weighted by atomic mass is 32.1. The molecule has 0 aliphatic rings. The largest absolute Gasteiger partial charge is 0.369 e. The van der Waals surface area contributed by atoms with Crippen LogP contribution in [0.5, 0.6) is 0 Å². The first-order chi connectivity index (χ1) is 7.33. The predicted octanol–water partition coefficient (Wildman–Crippen LogP) is 0.330. The molecule has 0 radical (unpaired) electrons. The fourth-order valence-electron chi connectivity index (χ4n) is 0.896. The van der Waals surface area contributed by atoms with E-state index in [4.69, 9.17) is 11.0 Å². The lowest BCUT2D eigenvalue weighted by Gasteiger charge is -2.00. The molecule has 7 heteroatoms. The van der Waals surface area contributed by atoms with Gasteiger partial charge in [-0.1, -0.05) is 0 Å². The van der Waals surface area contributed by atoms with Gasteiger partial charge in [-0.25, -0.2) is 0 Å². The van der Waals surface area contributed by atoms with E-state index >= 15 is 0 Å². The minimum Gasteiger partial charge on any atom is -0.369 e. The van der Waals surface area contributed by atoms with Crippen molar-refractivity contribution in [3.8, 4) is 6.19 Å². The van der Waals surface area contributed by atoms with Gasteiger partial charge in [-0.15, -0.1) is 0 Å². The number of nitriles is 1. The highest BCUT2D eigenvalue weighted by Crippen LogP contribution is 2.04. The Kier molecular flexibility index (Phi) is 4.97. The Balaban J connectivity index is 2.07. The van der Waals surface area contributed by atoms with Crippen LogP contribution in [0.1, 0.15) is 6.42 Å². The summed E-state index contributed by atoms with van der Waals surface area (Å²) in [6.45, 7) is 1.37. The maximum Gasteiger partial charge on any atom is 0.202 e. The number of hydrogen-bond donors (Lipinski definition) is 3. The Morgan fingerprint density at radius 3 is 3.27 bits per heavy atom. The van der Waals surface area contributed by atoms with Gasteiger partial charge in [0.15, 0.2) is 6.19 Å². The molecule has 0 amide bonds. The third-order valence-electron chi connectivity index (χ3n) is 1.54. The van der Waals surface area contributed by atoms with Gasteiger partial charge in [0.1, 0.15) is 5.82 Å². The van der Waals surface area contributed by atoms with Gasteiger partial charge >= 0.3 is 0 Å². The molecule has 4 N–H and O–H groups in total. The molecule has 0 spiro atoms. The number of guanidine groups is 1. The van der Waals surface area contributed by atoms with Gasteiger partial charge in [-0.3, -0.25) is 10.3 Å². The molecule has 0 unspecified atom stereocenters. The zero-order chi connectivity index (χ0) is 10.9. The van der Waals surface area contributed by atoms with Crippen molar-refractivity contribution in [3.05, 3.63) is 11.4 Å². The van der Waals surface area contributed by atoms with E-state index in [1.165, 1.54) is 11.5 Å². The quantitative estimate of drug-likeness (QED) is 0.220. The summed E-state index contributed by atoms with van der Waals surface area (Å²) >= 11 is 1.41. The molecule has 1 aromatic rings. The maximum absolute atomic E-state index is 8.22. The fourth-order valence-corrected chi connectivity index (χ4v) is 1.39. The third kappa shape index (κ3) is 4.83. The van der Waals surface area contributed by atoms with Crippen molar-refractivity contribution < 1.29 is 0 Å². The summed E-state index contributed by atoms with van der Waals surface area (Å²) in [5.41, 5.74) is 5.35. The molecule has 80 valence electrons. The summed E-state index contributed by atoms with van der Waals surface area (Å²) in [6.07, 6.45) is 2.54. The molecule has 0 aliphatic heterocycles. The summed E-state index contributed by atoms with van der Waals surface area (Å²) in [7, 11) is 0. The normalized spacial score (nSPS) is 10.7. The van der Waals surface area contributed by atoms with Gasteiger partial charge in [0, 0.05) is 18.5 Å². The Morgan fingerprint density at radius 2 is 2.60 bits per heavy atom. The van der Waals surface area contributed by atoms with Crippen LogP contribution in [-0.4, -0.2) is 23.4 Å². The van der Waals surface area contributed by atoms with E-state index in [1.54, 1.807) is 6.19 Å². The van der Waals surface area contributed by atoms with Crippen LogP contribution in [-0.2, 0) is 0 Å². The first-order valence-electron chi connectivity index (χ1n) is 4.42. The Bertz CT molecular complexity index is 339. The predicted molar refractivity (Wildman–Crippen MR) is 60.5 cm³/mol. The van der Waals surface area contributed by atoms with Crippen LogP contribution < -0.4 is 16.4 Å². The molecule has 0 fully saturated rings. The number of aromatic nitrogens is 1. The van der Waals surface area contributed by atoms with Gasteiger partial charge in [0.25, 0.3) is 0 Å². The summed E-state index contributed by atoms with van der Waals surface area (Å²) in [5, 5.41) is 15.5. The van der Waals surface area contributed by atoms with Gasteiger partial charge in [-0.05, 0) is 24.0 Å². The highest BCUT2D eigenvalue weighted by molar-refractivity contribution is 7.03. The fraction of sp³-hybridized carbons (Fsp3) is 0.375. The Hall–Kier alpha value is -1.81. The standard InChI is InChI=1S/C8H12N6S/c9-6-13-8(10)12-4-1-3-11-7-2-5-15-14-7/h2,5H,1,3-4H2,(H,11,14)(H3,10,12,13). The van der Waals surface area contributed by atoms with Crippen molar-refractivity contribution in [1.29, 1.82) is 5.26 Å². The molecule has 0 saturated heterocycles. The first kappa shape index (κ1) is 11.3. The molecule has 0 saturated carbocycles. The van der Waals surface area contributed by atoms with E-state index in [0.29, 0.717) is 6.54 Å². The summed E-state index contributed by atoms with van der Waals surface area (Å²) < 4.78 is 4.09. The van der Waals surface area contributed by atoms with E-state index < -0.39 is 0 Å². The summed E-state index contributed by atoms with van der Waals surface area (Å²) in [4.78, 5) is 3.94. The molecule has 1 rings (SSSR count). The van der Waals surface area contributed by atoms with Gasteiger partial charge in [0.2, 0.25) is 5.96 Å². The number of anilines is 1. The zero-order valence-electron chi connectivity index (χ0n) is 8.10. The van der Waals surface area contributed by atoms with Crippen molar-refractivity contribution in [1.82, 2.24) is 9.69 Å². The zero-order valence-corrected chi connectivity index (χ0v) is 8.92. The van der Waals surface area contributed by atoms with Gasteiger partial charge in [-0.2, -0.15) is 9.64 Å². The van der Waals surface area contributed by atoms with Gasteiger partial charge < -0.3 is 11.1 Å². The monoisotopic (exact) mass is 224 g/mol. The lowest BCUT2D eigenvalue weighted by Crippen LogP contribution is -2.27. The number of hydrogen-bond acceptors (Lipinski definition) is 5. The van der Waals surface area contributed by atoms with E-state index in [9.17, 15) is 0 Å². The van der Waals surface area contributed by atoms with Crippen LogP contribution in [0.3, 0.4) is 0 Å². The average Bonchev–Trinajstić information content (AvgIpc) is 2.70. The number of nitrogens with zero attached hydrogens (tertiary/aromatic N) is 3. The molecule has 15 heavy (non-hydrogen) atoms. The molecule has 0 atom stereocenters. The van der Waals surface area contributed by atoms with Gasteiger partial charge in [0.05, 0.1) is 0 Å². The van der Waals surface area contributed by atoms with Crippen LogP contribution in [0, 0.1) is 11.5 Å². The average molecular weight is 224 g/mol. The molecule has 6 nitrogen and oxygen atoms in total. The highest BCUT2D eigenvalue weighted by Gasteiger charge is 1.92. The molecular formula is C8H12N6S. The van der Waals surface area contributed by atoms with Crippen LogP contribution in [0.25, 0.3) is 0 Å². The molecular weight excluding hydrogens is 212 g/mol. The van der Waals surface area contributed by atoms with Crippen LogP contribution in [0.15, 0.2) is 16.4 Å². The van der Waals surface area contributed by atoms with Crippen molar-refractivity contribution in [2.24, 2.45) is 10.7 Å². The number of aliphatic imine (C=N–C) groups is 1. The lowest BCUT2D eigenvalue weighted by atomic mass is 10.4. The number of nitrogens with one attached hydrogen (secondary N) is 2. The first-order valence-corrected chi connectivity index (χ1v) is 5.26. The molecule has 0 bridgehead atoms. The minimum absolute atomic E-state index is 0.158. The second-order valence-electron chi connectivity index (χ2n) is 2.67. The summed E-state index contributed by atoms with van der Waals surface area (Å²) in [5.74, 6) is 1.04. The maximum atomic E-state index is 8.22. The van der Waals surface area contributed by atoms with E-state index in [2.05, 4.69) is 20.0 Å². The van der Waals surface area contributed by atoms with Crippen molar-refractivity contribution in [3.63, 3.8) is 0 Å². The third-order valence-corrected chi connectivity index (χ3v) is 2.10. The van der Waals surface area contributed by atoms with Crippen LogP contribution in [0.4, 0.5) is 5.82 Å². The Morgan fingerprint density at radius 1 is 1.73 bits per heavy atom.